The van der Waals surface area contributed by atoms with Crippen LogP contribution in [0, 0.1) is 0 Å². The Morgan fingerprint density at radius 1 is 0.821 bits per heavy atom. The smallest absolute Gasteiger partial charge is 0.240 e. The maximum absolute atomic E-state index is 6.07. The molecule has 0 fully saturated rings. The number of anilines is 2. The second-order valence-electron chi connectivity index (χ2n) is 6.42. The molecular formula is C23H21ClN3O+. The summed E-state index contributed by atoms with van der Waals surface area (Å²) in [6, 6.07) is 28.0. The van der Waals surface area contributed by atoms with Gasteiger partial charge in [0.2, 0.25) is 5.88 Å². The predicted octanol–water partition coefficient (Wildman–Crippen LogP) is 5.04. The third-order valence-electron chi connectivity index (χ3n) is 4.55. The molecule has 0 atom stereocenters. The molecule has 4 rings (SSSR count). The molecule has 3 aromatic carbocycles. The molecule has 1 heterocycles. The highest BCUT2D eigenvalue weighted by Gasteiger charge is 2.25. The molecule has 0 aliphatic heterocycles. The minimum Gasteiger partial charge on any atom is -0.356 e. The Hall–Kier alpha value is -3.08. The number of aromatic nitrogens is 1. The number of para-hydroxylation sites is 1. The lowest BCUT2D eigenvalue weighted by Gasteiger charge is -2.21. The monoisotopic (exact) mass is 390 g/mol. The topological polar surface area (TPSA) is 56.9 Å². The van der Waals surface area contributed by atoms with Gasteiger partial charge in [-0.3, -0.25) is 0 Å². The molecule has 0 aliphatic rings. The largest absolute Gasteiger partial charge is 0.356 e. The highest BCUT2D eigenvalue weighted by atomic mass is 35.5. The Morgan fingerprint density at radius 3 is 2.11 bits per heavy atom. The molecule has 0 unspecified atom stereocenters. The van der Waals surface area contributed by atoms with Crippen molar-refractivity contribution in [3.05, 3.63) is 90.0 Å². The van der Waals surface area contributed by atoms with Gasteiger partial charge in [-0.2, -0.15) is 0 Å². The van der Waals surface area contributed by atoms with Crippen molar-refractivity contribution in [1.29, 1.82) is 0 Å². The van der Waals surface area contributed by atoms with E-state index in [2.05, 4.69) is 40.1 Å². The van der Waals surface area contributed by atoms with Crippen LogP contribution in [0.15, 0.2) is 89.5 Å². The van der Waals surface area contributed by atoms with E-state index in [0.717, 1.165) is 41.2 Å². The van der Waals surface area contributed by atoms with Gasteiger partial charge in [0, 0.05) is 16.3 Å². The fourth-order valence-corrected chi connectivity index (χ4v) is 3.38. The summed E-state index contributed by atoms with van der Waals surface area (Å²) in [6.07, 6.45) is 0. The molecule has 0 saturated carbocycles. The lowest BCUT2D eigenvalue weighted by atomic mass is 10.0. The molecule has 0 bridgehead atoms. The van der Waals surface area contributed by atoms with Crippen molar-refractivity contribution in [2.75, 3.05) is 18.0 Å². The van der Waals surface area contributed by atoms with E-state index < -0.39 is 0 Å². The first-order chi connectivity index (χ1) is 13.8. The molecule has 5 heteroatoms. The van der Waals surface area contributed by atoms with Crippen molar-refractivity contribution in [3.8, 4) is 22.4 Å². The second-order valence-corrected chi connectivity index (χ2v) is 6.86. The van der Waals surface area contributed by atoms with Crippen LogP contribution in [-0.2, 0) is 0 Å². The van der Waals surface area contributed by atoms with Crippen LogP contribution in [0.25, 0.3) is 22.4 Å². The van der Waals surface area contributed by atoms with E-state index in [9.17, 15) is 0 Å². The molecular weight excluding hydrogens is 370 g/mol. The zero-order valence-corrected chi connectivity index (χ0v) is 16.1. The molecule has 1 aromatic heterocycles. The van der Waals surface area contributed by atoms with Gasteiger partial charge in [-0.05, 0) is 29.8 Å². The summed E-state index contributed by atoms with van der Waals surface area (Å²) in [7, 11) is 0. The number of benzene rings is 3. The summed E-state index contributed by atoms with van der Waals surface area (Å²) in [5, 5.41) is 5.13. The highest BCUT2D eigenvalue weighted by molar-refractivity contribution is 6.30. The number of halogens is 1. The summed E-state index contributed by atoms with van der Waals surface area (Å²) >= 11 is 6.07. The fourth-order valence-electron chi connectivity index (χ4n) is 3.25. The molecule has 3 N–H and O–H groups in total. The van der Waals surface area contributed by atoms with E-state index in [4.69, 9.17) is 16.1 Å². The molecule has 0 radical (unpaired) electrons. The Kier molecular flexibility index (Phi) is 5.42. The maximum Gasteiger partial charge on any atom is 0.240 e. The van der Waals surface area contributed by atoms with Gasteiger partial charge in [-0.1, -0.05) is 77.4 Å². The van der Waals surface area contributed by atoms with E-state index >= 15 is 0 Å². The van der Waals surface area contributed by atoms with Crippen molar-refractivity contribution in [2.24, 2.45) is 0 Å². The highest BCUT2D eigenvalue weighted by Crippen LogP contribution is 2.41. The van der Waals surface area contributed by atoms with Crippen molar-refractivity contribution in [3.63, 3.8) is 0 Å². The first kappa shape index (κ1) is 18.3. The van der Waals surface area contributed by atoms with Crippen LogP contribution in [0.5, 0.6) is 0 Å². The van der Waals surface area contributed by atoms with Gasteiger partial charge in [0.1, 0.15) is 5.69 Å². The van der Waals surface area contributed by atoms with Gasteiger partial charge in [0.05, 0.1) is 18.7 Å². The third kappa shape index (κ3) is 3.65. The minimum absolute atomic E-state index is 0.691. The molecule has 0 amide bonds. The second kappa shape index (κ2) is 8.30. The maximum atomic E-state index is 6.07. The average Bonchev–Trinajstić information content (AvgIpc) is 3.18. The zero-order valence-electron chi connectivity index (χ0n) is 15.4. The molecule has 0 spiro atoms. The number of hydrogen-bond donors (Lipinski definition) is 1. The van der Waals surface area contributed by atoms with Gasteiger partial charge < -0.3 is 15.2 Å². The van der Waals surface area contributed by atoms with Crippen molar-refractivity contribution >= 4 is 23.2 Å². The molecule has 4 aromatic rings. The molecule has 4 nitrogen and oxygen atoms in total. The van der Waals surface area contributed by atoms with Crippen molar-refractivity contribution in [1.82, 2.24) is 5.16 Å². The van der Waals surface area contributed by atoms with E-state index in [1.54, 1.807) is 0 Å². The summed E-state index contributed by atoms with van der Waals surface area (Å²) in [6.45, 7) is 1.46. The Morgan fingerprint density at radius 2 is 1.46 bits per heavy atom. The van der Waals surface area contributed by atoms with Crippen LogP contribution in [0.2, 0.25) is 5.02 Å². The molecule has 0 saturated heterocycles. The number of hydrogen-bond acceptors (Lipinski definition) is 3. The first-order valence-electron chi connectivity index (χ1n) is 9.21. The van der Waals surface area contributed by atoms with Crippen LogP contribution in [0.1, 0.15) is 0 Å². The summed E-state index contributed by atoms with van der Waals surface area (Å²) < 4.78 is 5.92. The standard InChI is InChI=1S/C23H20ClN3O/c24-19-13-11-18(12-14-19)22-21(17-7-3-1-4-8-17)23(28-26-22)27(16-15-25)20-9-5-2-6-10-20/h1-14H,15-16,25H2/p+1. The van der Waals surface area contributed by atoms with E-state index in [-0.39, 0.29) is 0 Å². The van der Waals surface area contributed by atoms with Crippen LogP contribution < -0.4 is 10.6 Å². The van der Waals surface area contributed by atoms with Gasteiger partial charge in [-0.15, -0.1) is 0 Å². The summed E-state index contributed by atoms with van der Waals surface area (Å²) in [5.74, 6) is 0.714. The van der Waals surface area contributed by atoms with E-state index in [1.165, 1.54) is 0 Å². The Balaban J connectivity index is 1.91. The number of quaternary nitrogens is 1. The Bertz CT molecular complexity index is 1030. The normalized spacial score (nSPS) is 10.8. The SMILES string of the molecule is [NH3+]CCN(c1ccccc1)c1onc(-c2ccc(Cl)cc2)c1-c1ccccc1. The average molecular weight is 391 g/mol. The van der Waals surface area contributed by atoms with Crippen molar-refractivity contribution in [2.45, 2.75) is 0 Å². The first-order valence-corrected chi connectivity index (χ1v) is 9.58. The van der Waals surface area contributed by atoms with Gasteiger partial charge in [-0.25, -0.2) is 0 Å². The molecule has 28 heavy (non-hydrogen) atoms. The van der Waals surface area contributed by atoms with Gasteiger partial charge in [0.25, 0.3) is 0 Å². The lowest BCUT2D eigenvalue weighted by Crippen LogP contribution is -2.54. The third-order valence-corrected chi connectivity index (χ3v) is 4.80. The van der Waals surface area contributed by atoms with E-state index in [1.807, 2.05) is 60.7 Å². The number of nitrogens with zero attached hydrogens (tertiary/aromatic N) is 2. The minimum atomic E-state index is 0.691. The summed E-state index contributed by atoms with van der Waals surface area (Å²) in [5.41, 5.74) is 8.84. The Labute approximate surface area is 169 Å². The summed E-state index contributed by atoms with van der Waals surface area (Å²) in [4.78, 5) is 2.13. The van der Waals surface area contributed by atoms with Gasteiger partial charge >= 0.3 is 0 Å². The van der Waals surface area contributed by atoms with Crippen LogP contribution in [0.3, 0.4) is 0 Å². The van der Waals surface area contributed by atoms with Gasteiger partial charge in [0.15, 0.2) is 0 Å². The fraction of sp³-hybridized carbons (Fsp3) is 0.0870. The van der Waals surface area contributed by atoms with Crippen LogP contribution in [-0.4, -0.2) is 18.2 Å². The van der Waals surface area contributed by atoms with Crippen molar-refractivity contribution < 1.29 is 10.3 Å². The predicted molar refractivity (Wildman–Crippen MR) is 114 cm³/mol. The molecule has 140 valence electrons. The zero-order chi connectivity index (χ0) is 19.3. The van der Waals surface area contributed by atoms with Crippen LogP contribution >= 0.6 is 11.6 Å². The number of rotatable bonds is 6. The van der Waals surface area contributed by atoms with Crippen LogP contribution in [0.4, 0.5) is 11.6 Å². The molecule has 0 aliphatic carbocycles. The quantitative estimate of drug-likeness (QED) is 0.501. The lowest BCUT2D eigenvalue weighted by molar-refractivity contribution is -0.363. The van der Waals surface area contributed by atoms with E-state index in [0.29, 0.717) is 10.9 Å².